The van der Waals surface area contributed by atoms with Crippen LogP contribution in [0.15, 0.2) is 41.6 Å². The van der Waals surface area contributed by atoms with Crippen molar-refractivity contribution < 1.29 is 23.8 Å². The third kappa shape index (κ3) is 5.03. The number of methoxy groups -OCH3 is 3. The van der Waals surface area contributed by atoms with E-state index >= 15 is 0 Å². The highest BCUT2D eigenvalue weighted by Gasteiger charge is 2.10. The number of anilines is 1. The van der Waals surface area contributed by atoms with Crippen LogP contribution in [0.1, 0.15) is 5.56 Å². The normalized spacial score (nSPS) is 10.5. The van der Waals surface area contributed by atoms with Crippen LogP contribution in [-0.4, -0.2) is 40.1 Å². The van der Waals surface area contributed by atoms with Crippen molar-refractivity contribution in [2.45, 2.75) is 0 Å². The molecule has 2 aromatic carbocycles. The lowest BCUT2D eigenvalue weighted by molar-refractivity contribution is -0.120. The second-order valence-electron chi connectivity index (χ2n) is 4.99. The zero-order valence-electron chi connectivity index (χ0n) is 14.6. The molecule has 1 amide bonds. The van der Waals surface area contributed by atoms with Crippen molar-refractivity contribution in [3.05, 3.63) is 47.0 Å². The quantitative estimate of drug-likeness (QED) is 0.563. The molecule has 7 nitrogen and oxygen atoms in total. The van der Waals surface area contributed by atoms with E-state index in [1.807, 2.05) is 6.07 Å². The Labute approximate surface area is 156 Å². The highest BCUT2D eigenvalue weighted by Crippen LogP contribution is 2.35. The number of nitrogens with zero attached hydrogens (tertiary/aromatic N) is 1. The van der Waals surface area contributed by atoms with E-state index in [9.17, 15) is 4.79 Å². The summed E-state index contributed by atoms with van der Waals surface area (Å²) < 4.78 is 15.5. The summed E-state index contributed by atoms with van der Waals surface area (Å²) in [6.45, 7) is -0.254. The summed E-state index contributed by atoms with van der Waals surface area (Å²) in [6, 6.07) is 10.4. The number of oxime groups is 1. The van der Waals surface area contributed by atoms with E-state index in [0.29, 0.717) is 33.5 Å². The molecule has 0 fully saturated rings. The van der Waals surface area contributed by atoms with E-state index < -0.39 is 0 Å². The molecule has 0 saturated carbocycles. The summed E-state index contributed by atoms with van der Waals surface area (Å²) in [6.07, 6.45) is 1.42. The number of hydrogen-bond acceptors (Lipinski definition) is 6. The third-order valence-corrected chi connectivity index (χ3v) is 3.59. The molecule has 0 unspecified atom stereocenters. The number of halogens is 1. The Hall–Kier alpha value is -2.93. The second kappa shape index (κ2) is 9.53. The van der Waals surface area contributed by atoms with E-state index in [1.165, 1.54) is 27.5 Å². The lowest BCUT2D eigenvalue weighted by atomic mass is 10.2. The number of benzene rings is 2. The van der Waals surface area contributed by atoms with Crippen LogP contribution in [0.5, 0.6) is 17.2 Å². The van der Waals surface area contributed by atoms with Gasteiger partial charge in [0, 0.05) is 5.56 Å². The number of ether oxygens (including phenoxy) is 3. The fraction of sp³-hybridized carbons (Fsp3) is 0.222. The fourth-order valence-electron chi connectivity index (χ4n) is 2.14. The van der Waals surface area contributed by atoms with Crippen LogP contribution < -0.4 is 19.5 Å². The Kier molecular flexibility index (Phi) is 7.11. The van der Waals surface area contributed by atoms with Crippen LogP contribution in [0.3, 0.4) is 0 Å². The summed E-state index contributed by atoms with van der Waals surface area (Å²) in [5, 5.41) is 6.82. The monoisotopic (exact) mass is 378 g/mol. The summed E-state index contributed by atoms with van der Waals surface area (Å²) >= 11 is 6.11. The maximum atomic E-state index is 11.9. The van der Waals surface area contributed by atoms with Gasteiger partial charge in [-0.25, -0.2) is 0 Å². The van der Waals surface area contributed by atoms with Crippen LogP contribution in [0, 0.1) is 0 Å². The first-order chi connectivity index (χ1) is 12.6. The maximum absolute atomic E-state index is 11.9. The van der Waals surface area contributed by atoms with Gasteiger partial charge in [-0.3, -0.25) is 4.79 Å². The highest BCUT2D eigenvalue weighted by molar-refractivity contribution is 6.32. The number of carbonyl (C=O) groups excluding carboxylic acids is 1. The van der Waals surface area contributed by atoms with Gasteiger partial charge in [0.1, 0.15) is 5.75 Å². The van der Waals surface area contributed by atoms with Crippen LogP contribution in [0.4, 0.5) is 5.69 Å². The van der Waals surface area contributed by atoms with Crippen molar-refractivity contribution in [1.29, 1.82) is 0 Å². The number of rotatable bonds is 8. The Morgan fingerprint density at radius 3 is 2.54 bits per heavy atom. The molecule has 0 bridgehead atoms. The van der Waals surface area contributed by atoms with Crippen LogP contribution in [-0.2, 0) is 9.63 Å². The second-order valence-corrected chi connectivity index (χ2v) is 5.40. The first-order valence-electron chi connectivity index (χ1n) is 7.58. The van der Waals surface area contributed by atoms with Crippen molar-refractivity contribution in [2.75, 3.05) is 33.3 Å². The molecule has 0 atom stereocenters. The zero-order chi connectivity index (χ0) is 18.9. The molecule has 1 N–H and O–H groups in total. The number of nitrogens with one attached hydrogen (secondary N) is 1. The molecule has 0 aliphatic carbocycles. The van der Waals surface area contributed by atoms with Crippen molar-refractivity contribution >= 4 is 29.4 Å². The van der Waals surface area contributed by atoms with Crippen molar-refractivity contribution in [3.8, 4) is 17.2 Å². The van der Waals surface area contributed by atoms with Crippen molar-refractivity contribution in [3.63, 3.8) is 0 Å². The van der Waals surface area contributed by atoms with Crippen molar-refractivity contribution in [2.24, 2.45) is 5.16 Å². The molecule has 2 aromatic rings. The molecular weight excluding hydrogens is 360 g/mol. The Morgan fingerprint density at radius 1 is 1.12 bits per heavy atom. The fourth-order valence-corrected chi connectivity index (χ4v) is 2.44. The SMILES string of the molecule is COc1ccccc1NC(=O)CO/N=C\c1cc(Cl)c(OC)c(OC)c1. The van der Waals surface area contributed by atoms with Gasteiger partial charge in [-0.2, -0.15) is 0 Å². The minimum absolute atomic E-state index is 0.254. The third-order valence-electron chi connectivity index (χ3n) is 3.31. The van der Waals surface area contributed by atoms with E-state index in [0.717, 1.165) is 0 Å². The Bertz CT molecular complexity index is 795. The van der Waals surface area contributed by atoms with E-state index in [-0.39, 0.29) is 12.5 Å². The predicted octanol–water partition coefficient (Wildman–Crippen LogP) is 3.36. The standard InChI is InChI=1S/C18H19ClN2O5/c1-23-15-7-5-4-6-14(15)21-17(22)11-26-20-10-12-8-13(19)18(25-3)16(9-12)24-2/h4-10H,11H2,1-3H3,(H,21,22)/b20-10-. The lowest BCUT2D eigenvalue weighted by Crippen LogP contribution is -2.17. The largest absolute Gasteiger partial charge is 0.495 e. The number of para-hydroxylation sites is 2. The first kappa shape index (κ1) is 19.4. The van der Waals surface area contributed by atoms with E-state index in [4.69, 9.17) is 30.6 Å². The van der Waals surface area contributed by atoms with E-state index in [2.05, 4.69) is 10.5 Å². The molecule has 138 valence electrons. The van der Waals surface area contributed by atoms with Gasteiger partial charge in [0.15, 0.2) is 18.1 Å². The maximum Gasteiger partial charge on any atom is 0.265 e. The molecule has 2 rings (SSSR count). The summed E-state index contributed by atoms with van der Waals surface area (Å²) in [5.74, 6) is 1.10. The van der Waals surface area contributed by atoms with Crippen molar-refractivity contribution in [1.82, 2.24) is 0 Å². The molecule has 0 aromatic heterocycles. The average Bonchev–Trinajstić information content (AvgIpc) is 2.65. The minimum Gasteiger partial charge on any atom is -0.495 e. The Balaban J connectivity index is 1.93. The van der Waals surface area contributed by atoms with Gasteiger partial charge in [0.2, 0.25) is 0 Å². The summed E-state index contributed by atoms with van der Waals surface area (Å²) in [5.41, 5.74) is 1.19. The highest BCUT2D eigenvalue weighted by atomic mass is 35.5. The molecule has 0 saturated heterocycles. The predicted molar refractivity (Wildman–Crippen MR) is 99.7 cm³/mol. The molecule has 26 heavy (non-hydrogen) atoms. The van der Waals surface area contributed by atoms with Gasteiger partial charge < -0.3 is 24.4 Å². The molecule has 0 aliphatic rings. The number of hydrogen-bond donors (Lipinski definition) is 1. The average molecular weight is 379 g/mol. The van der Waals surface area contributed by atoms with Crippen LogP contribution >= 0.6 is 11.6 Å². The molecule has 0 radical (unpaired) electrons. The summed E-state index contributed by atoms with van der Waals surface area (Å²) in [7, 11) is 4.54. The van der Waals surface area contributed by atoms with Crippen LogP contribution in [0.2, 0.25) is 5.02 Å². The first-order valence-corrected chi connectivity index (χ1v) is 7.96. The van der Waals surface area contributed by atoms with Gasteiger partial charge in [0.25, 0.3) is 5.91 Å². The molecule has 8 heteroatoms. The molecule has 0 aliphatic heterocycles. The van der Waals surface area contributed by atoms with E-state index in [1.54, 1.807) is 30.3 Å². The molecule has 0 spiro atoms. The van der Waals surface area contributed by atoms with Gasteiger partial charge in [-0.15, -0.1) is 0 Å². The smallest absolute Gasteiger partial charge is 0.265 e. The van der Waals surface area contributed by atoms with Gasteiger partial charge in [-0.1, -0.05) is 28.9 Å². The number of carbonyl (C=O) groups is 1. The number of amides is 1. The minimum atomic E-state index is -0.364. The summed E-state index contributed by atoms with van der Waals surface area (Å²) in [4.78, 5) is 16.9. The van der Waals surface area contributed by atoms with Gasteiger partial charge >= 0.3 is 0 Å². The molecule has 0 heterocycles. The Morgan fingerprint density at radius 2 is 1.85 bits per heavy atom. The topological polar surface area (TPSA) is 78.4 Å². The van der Waals surface area contributed by atoms with Crippen LogP contribution in [0.25, 0.3) is 0 Å². The van der Waals surface area contributed by atoms with Gasteiger partial charge in [0.05, 0.1) is 38.3 Å². The zero-order valence-corrected chi connectivity index (χ0v) is 15.4. The lowest BCUT2D eigenvalue weighted by Gasteiger charge is -2.10. The molecular formula is C18H19ClN2O5. The van der Waals surface area contributed by atoms with Gasteiger partial charge in [-0.05, 0) is 24.3 Å².